The Labute approximate surface area is 95.3 Å². The smallest absolute Gasteiger partial charge is 0.336 e. The van der Waals surface area contributed by atoms with Crippen LogP contribution in [0.1, 0.15) is 15.9 Å². The van der Waals surface area contributed by atoms with Gasteiger partial charge in [-0.2, -0.15) is 0 Å². The Morgan fingerprint density at radius 1 is 1.57 bits per heavy atom. The van der Waals surface area contributed by atoms with E-state index in [0.29, 0.717) is 10.4 Å². The molecule has 2 nitrogen and oxygen atoms in total. The van der Waals surface area contributed by atoms with Gasteiger partial charge in [0.25, 0.3) is 0 Å². The van der Waals surface area contributed by atoms with Crippen LogP contribution in [-0.4, -0.2) is 17.0 Å². The molecule has 0 aliphatic rings. The van der Waals surface area contributed by atoms with Crippen LogP contribution in [0.2, 0.25) is 0 Å². The molecule has 0 spiro atoms. The average Bonchev–Trinajstić information content (AvgIpc) is 2.16. The number of rotatable bonds is 3. The standard InChI is InChI=1S/C10H8BrClO2/c11-9-4-3-7(2-1-5-12)6-8(9)10(13)14/h1-4,6H,5H2,(H,13,14). The summed E-state index contributed by atoms with van der Waals surface area (Å²) in [6, 6.07) is 5.12. The molecule has 0 bridgehead atoms. The highest BCUT2D eigenvalue weighted by atomic mass is 79.9. The molecule has 14 heavy (non-hydrogen) atoms. The minimum absolute atomic E-state index is 0.252. The molecule has 1 rings (SSSR count). The molecule has 0 aliphatic heterocycles. The van der Waals surface area contributed by atoms with Crippen molar-refractivity contribution in [2.45, 2.75) is 0 Å². The maximum absolute atomic E-state index is 10.8. The Balaban J connectivity index is 3.06. The Morgan fingerprint density at radius 3 is 2.86 bits per heavy atom. The number of hydrogen-bond donors (Lipinski definition) is 1. The van der Waals surface area contributed by atoms with E-state index in [1.54, 1.807) is 24.3 Å². The van der Waals surface area contributed by atoms with Crippen LogP contribution in [0.4, 0.5) is 0 Å². The molecule has 4 heteroatoms. The average molecular weight is 276 g/mol. The van der Waals surface area contributed by atoms with E-state index in [1.807, 2.05) is 6.07 Å². The minimum atomic E-state index is -0.946. The molecule has 0 saturated heterocycles. The zero-order chi connectivity index (χ0) is 10.6. The molecule has 0 aliphatic carbocycles. The Kier molecular flexibility index (Phi) is 4.17. The Hall–Kier alpha value is -0.800. The van der Waals surface area contributed by atoms with Gasteiger partial charge in [-0.15, -0.1) is 11.6 Å². The third-order valence-corrected chi connectivity index (χ3v) is 2.49. The van der Waals surface area contributed by atoms with Crippen molar-refractivity contribution in [2.75, 3.05) is 5.88 Å². The van der Waals surface area contributed by atoms with Crippen molar-refractivity contribution < 1.29 is 9.90 Å². The van der Waals surface area contributed by atoms with Gasteiger partial charge in [-0.3, -0.25) is 0 Å². The molecule has 1 aromatic carbocycles. The summed E-state index contributed by atoms with van der Waals surface area (Å²) in [6.07, 6.45) is 3.54. The molecule has 0 aromatic heterocycles. The van der Waals surface area contributed by atoms with Gasteiger partial charge >= 0.3 is 5.97 Å². The van der Waals surface area contributed by atoms with E-state index in [2.05, 4.69) is 15.9 Å². The number of carbonyl (C=O) groups is 1. The third-order valence-electron chi connectivity index (χ3n) is 1.62. The number of benzene rings is 1. The number of halogens is 2. The summed E-state index contributed by atoms with van der Waals surface area (Å²) in [4.78, 5) is 10.8. The van der Waals surface area contributed by atoms with Crippen molar-refractivity contribution in [1.82, 2.24) is 0 Å². The highest BCUT2D eigenvalue weighted by Crippen LogP contribution is 2.19. The van der Waals surface area contributed by atoms with Crippen molar-refractivity contribution >= 4 is 39.6 Å². The lowest BCUT2D eigenvalue weighted by atomic mass is 10.1. The molecule has 0 heterocycles. The lowest BCUT2D eigenvalue weighted by Crippen LogP contribution is -1.97. The van der Waals surface area contributed by atoms with Crippen LogP contribution in [0.25, 0.3) is 6.08 Å². The van der Waals surface area contributed by atoms with E-state index >= 15 is 0 Å². The molecule has 0 amide bonds. The maximum Gasteiger partial charge on any atom is 0.336 e. The van der Waals surface area contributed by atoms with Crippen molar-refractivity contribution in [3.8, 4) is 0 Å². The second kappa shape index (κ2) is 5.17. The van der Waals surface area contributed by atoms with Gasteiger partial charge < -0.3 is 5.11 Å². The molecule has 0 fully saturated rings. The first kappa shape index (κ1) is 11.3. The normalized spacial score (nSPS) is 10.7. The molecule has 1 N–H and O–H groups in total. The molecule has 0 unspecified atom stereocenters. The number of aromatic carboxylic acids is 1. The first-order chi connectivity index (χ1) is 6.65. The minimum Gasteiger partial charge on any atom is -0.478 e. The third kappa shape index (κ3) is 2.86. The highest BCUT2D eigenvalue weighted by molar-refractivity contribution is 9.10. The summed E-state index contributed by atoms with van der Waals surface area (Å²) in [5.41, 5.74) is 1.08. The van der Waals surface area contributed by atoms with Crippen LogP contribution in [0, 0.1) is 0 Å². The van der Waals surface area contributed by atoms with Crippen LogP contribution >= 0.6 is 27.5 Å². The van der Waals surface area contributed by atoms with Gasteiger partial charge in [-0.25, -0.2) is 4.79 Å². The summed E-state index contributed by atoms with van der Waals surface area (Å²) in [6.45, 7) is 0. The van der Waals surface area contributed by atoms with E-state index in [1.165, 1.54) is 0 Å². The first-order valence-corrected chi connectivity index (χ1v) is 5.23. The Morgan fingerprint density at radius 2 is 2.29 bits per heavy atom. The second-order valence-corrected chi connectivity index (χ2v) is 3.76. The fourth-order valence-electron chi connectivity index (χ4n) is 0.991. The van der Waals surface area contributed by atoms with Crippen LogP contribution in [0.15, 0.2) is 28.7 Å². The van der Waals surface area contributed by atoms with E-state index in [9.17, 15) is 4.79 Å². The van der Waals surface area contributed by atoms with Gasteiger partial charge in [-0.05, 0) is 33.6 Å². The first-order valence-electron chi connectivity index (χ1n) is 3.90. The van der Waals surface area contributed by atoms with E-state index in [-0.39, 0.29) is 5.56 Å². The fraction of sp³-hybridized carbons (Fsp3) is 0.100. The van der Waals surface area contributed by atoms with Crippen LogP contribution in [0.3, 0.4) is 0 Å². The molecule has 0 atom stereocenters. The molecule has 74 valence electrons. The quantitative estimate of drug-likeness (QED) is 0.859. The number of hydrogen-bond acceptors (Lipinski definition) is 1. The summed E-state index contributed by atoms with van der Waals surface area (Å²) in [5.74, 6) is -0.531. The summed E-state index contributed by atoms with van der Waals surface area (Å²) < 4.78 is 0.577. The number of carboxylic acids is 1. The lowest BCUT2D eigenvalue weighted by molar-refractivity contribution is 0.0696. The summed E-state index contributed by atoms with van der Waals surface area (Å²) in [5, 5.41) is 8.84. The van der Waals surface area contributed by atoms with Crippen molar-refractivity contribution in [1.29, 1.82) is 0 Å². The van der Waals surface area contributed by atoms with Crippen molar-refractivity contribution in [2.24, 2.45) is 0 Å². The highest BCUT2D eigenvalue weighted by Gasteiger charge is 2.07. The SMILES string of the molecule is O=C(O)c1cc(C=CCCl)ccc1Br. The fourth-order valence-corrected chi connectivity index (χ4v) is 1.50. The largest absolute Gasteiger partial charge is 0.478 e. The predicted octanol–water partition coefficient (Wildman–Crippen LogP) is 3.40. The second-order valence-electron chi connectivity index (χ2n) is 2.60. The van der Waals surface area contributed by atoms with E-state index in [4.69, 9.17) is 16.7 Å². The van der Waals surface area contributed by atoms with Crippen LogP contribution in [-0.2, 0) is 0 Å². The lowest BCUT2D eigenvalue weighted by Gasteiger charge is -2.00. The molecule has 0 saturated carbocycles. The van der Waals surface area contributed by atoms with Crippen LogP contribution in [0.5, 0.6) is 0 Å². The number of carboxylic acid groups (broad SMARTS) is 1. The van der Waals surface area contributed by atoms with Crippen molar-refractivity contribution in [3.63, 3.8) is 0 Å². The molecule has 1 aromatic rings. The van der Waals surface area contributed by atoms with E-state index < -0.39 is 5.97 Å². The summed E-state index contributed by atoms with van der Waals surface area (Å²) in [7, 11) is 0. The van der Waals surface area contributed by atoms with Gasteiger partial charge in [-0.1, -0.05) is 18.2 Å². The van der Waals surface area contributed by atoms with Gasteiger partial charge in [0.2, 0.25) is 0 Å². The number of alkyl halides is 1. The topological polar surface area (TPSA) is 37.3 Å². The van der Waals surface area contributed by atoms with Gasteiger partial charge in [0.1, 0.15) is 0 Å². The molecular weight excluding hydrogens is 267 g/mol. The molecular formula is C10H8BrClO2. The van der Waals surface area contributed by atoms with Gasteiger partial charge in [0.15, 0.2) is 0 Å². The zero-order valence-corrected chi connectivity index (χ0v) is 9.55. The zero-order valence-electron chi connectivity index (χ0n) is 7.21. The number of allylic oxidation sites excluding steroid dienone is 1. The monoisotopic (exact) mass is 274 g/mol. The Bertz CT molecular complexity index is 374. The van der Waals surface area contributed by atoms with Gasteiger partial charge in [0, 0.05) is 10.4 Å². The summed E-state index contributed by atoms with van der Waals surface area (Å²) >= 11 is 8.64. The maximum atomic E-state index is 10.8. The van der Waals surface area contributed by atoms with Gasteiger partial charge in [0.05, 0.1) is 5.56 Å². The van der Waals surface area contributed by atoms with Crippen molar-refractivity contribution in [3.05, 3.63) is 39.9 Å². The van der Waals surface area contributed by atoms with Crippen LogP contribution < -0.4 is 0 Å². The predicted molar refractivity (Wildman–Crippen MR) is 60.9 cm³/mol. The molecule has 0 radical (unpaired) electrons. The van der Waals surface area contributed by atoms with E-state index in [0.717, 1.165) is 5.56 Å².